The van der Waals surface area contributed by atoms with Crippen LogP contribution in [0.5, 0.6) is 0 Å². The highest BCUT2D eigenvalue weighted by Gasteiger charge is 2.37. The average Bonchev–Trinajstić information content (AvgIpc) is 3.16. The molecule has 2 aromatic rings. The lowest BCUT2D eigenvalue weighted by molar-refractivity contribution is -0.141. The maximum Gasteiger partial charge on any atom is 0.322 e. The van der Waals surface area contributed by atoms with E-state index >= 15 is 0 Å². The largest absolute Gasteiger partial charge is 0.394 e. The van der Waals surface area contributed by atoms with E-state index in [1.54, 1.807) is 11.1 Å². The fourth-order valence-electron chi connectivity index (χ4n) is 3.77. The number of pyridine rings is 1. The van der Waals surface area contributed by atoms with Gasteiger partial charge in [0.15, 0.2) is 0 Å². The number of anilines is 1. The second-order valence-corrected chi connectivity index (χ2v) is 8.23. The zero-order valence-electron chi connectivity index (χ0n) is 17.1. The number of aliphatic hydroxyl groups is 1. The van der Waals surface area contributed by atoms with Crippen molar-refractivity contribution in [3.05, 3.63) is 59.4 Å². The number of amides is 3. The van der Waals surface area contributed by atoms with E-state index in [-0.39, 0.29) is 25.1 Å². The highest BCUT2D eigenvalue weighted by Crippen LogP contribution is 2.31. The lowest BCUT2D eigenvalue weighted by Crippen LogP contribution is -2.45. The Balaban J connectivity index is 1.45. The number of rotatable bonds is 4. The van der Waals surface area contributed by atoms with Gasteiger partial charge in [0.2, 0.25) is 5.91 Å². The lowest BCUT2D eigenvalue weighted by Gasteiger charge is -2.34. The number of nitrogens with one attached hydrogen (secondary N) is 1. The summed E-state index contributed by atoms with van der Waals surface area (Å²) in [6.07, 6.45) is 2.25. The topological polar surface area (TPSA) is 98.1 Å². The molecule has 1 aromatic carbocycles. The van der Waals surface area contributed by atoms with E-state index < -0.39 is 5.41 Å². The first-order valence-corrected chi connectivity index (χ1v) is 9.97. The molecule has 2 aliphatic rings. The Bertz CT molecular complexity index is 975. The van der Waals surface area contributed by atoms with Gasteiger partial charge in [0, 0.05) is 24.8 Å². The fraction of sp³-hybridized carbons (Fsp3) is 0.364. The summed E-state index contributed by atoms with van der Waals surface area (Å²) in [7, 11) is 0. The number of carbonyl (C=O) groups is 2. The molecule has 2 N–H and O–H groups in total. The first-order chi connectivity index (χ1) is 14.4. The van der Waals surface area contributed by atoms with Crippen LogP contribution in [0.2, 0.25) is 0 Å². The Morgan fingerprint density at radius 2 is 1.97 bits per heavy atom. The predicted molar refractivity (Wildman–Crippen MR) is 113 cm³/mol. The Morgan fingerprint density at radius 3 is 2.67 bits per heavy atom. The van der Waals surface area contributed by atoms with E-state index in [1.165, 1.54) is 5.01 Å². The van der Waals surface area contributed by atoms with E-state index in [2.05, 4.69) is 15.4 Å². The van der Waals surface area contributed by atoms with Crippen molar-refractivity contribution in [2.75, 3.05) is 18.5 Å². The van der Waals surface area contributed by atoms with Gasteiger partial charge in [-0.1, -0.05) is 32.0 Å². The molecule has 3 amide bonds. The molecule has 4 rings (SSSR count). The predicted octanol–water partition coefficient (Wildman–Crippen LogP) is 2.58. The molecule has 0 saturated carbocycles. The molecule has 0 fully saturated rings. The van der Waals surface area contributed by atoms with Crippen molar-refractivity contribution in [2.45, 2.75) is 33.4 Å². The SMILES string of the molecule is CC1(C)CC(c2ccc(NC(=O)N3Cc4cccnc4C3)cc2)=NN(CCO)C1=O. The summed E-state index contributed by atoms with van der Waals surface area (Å²) in [5.74, 6) is -0.0923. The maximum atomic E-state index is 12.6. The highest BCUT2D eigenvalue weighted by atomic mass is 16.3. The number of β-amino-alcohol motifs (C(OH)–C–C–N with tert-alkyl or cyclic N) is 1. The smallest absolute Gasteiger partial charge is 0.322 e. The van der Waals surface area contributed by atoms with Crippen molar-refractivity contribution in [3.63, 3.8) is 0 Å². The quantitative estimate of drug-likeness (QED) is 0.814. The van der Waals surface area contributed by atoms with Crippen LogP contribution in [0.3, 0.4) is 0 Å². The van der Waals surface area contributed by atoms with E-state index in [0.717, 1.165) is 22.5 Å². The summed E-state index contributed by atoms with van der Waals surface area (Å²) < 4.78 is 0. The molecule has 156 valence electrons. The molecule has 0 unspecified atom stereocenters. The van der Waals surface area contributed by atoms with Crippen molar-refractivity contribution >= 4 is 23.3 Å². The molecule has 8 nitrogen and oxygen atoms in total. The van der Waals surface area contributed by atoms with Gasteiger partial charge >= 0.3 is 6.03 Å². The Kier molecular flexibility index (Phi) is 5.26. The summed E-state index contributed by atoms with van der Waals surface area (Å²) >= 11 is 0. The zero-order valence-corrected chi connectivity index (χ0v) is 17.1. The third-order valence-corrected chi connectivity index (χ3v) is 5.42. The van der Waals surface area contributed by atoms with Gasteiger partial charge < -0.3 is 15.3 Å². The van der Waals surface area contributed by atoms with Crippen LogP contribution in [0, 0.1) is 5.41 Å². The Morgan fingerprint density at radius 1 is 1.20 bits per heavy atom. The van der Waals surface area contributed by atoms with Crippen LogP contribution >= 0.6 is 0 Å². The molecule has 2 aliphatic heterocycles. The third-order valence-electron chi connectivity index (χ3n) is 5.42. The molecular formula is C22H25N5O3. The molecular weight excluding hydrogens is 382 g/mol. The van der Waals surface area contributed by atoms with Crippen molar-refractivity contribution in [1.29, 1.82) is 0 Å². The normalized spacial score (nSPS) is 17.6. The number of nitrogens with zero attached hydrogens (tertiary/aromatic N) is 4. The third kappa shape index (κ3) is 3.91. The van der Waals surface area contributed by atoms with Gasteiger partial charge in [0.05, 0.1) is 36.5 Å². The summed E-state index contributed by atoms with van der Waals surface area (Å²) in [6.45, 7) is 4.85. The van der Waals surface area contributed by atoms with Gasteiger partial charge in [-0.05, 0) is 29.3 Å². The molecule has 0 saturated heterocycles. The Hall–Kier alpha value is -3.26. The van der Waals surface area contributed by atoms with Crippen LogP contribution in [0.1, 0.15) is 37.1 Å². The van der Waals surface area contributed by atoms with Crippen molar-refractivity contribution in [2.24, 2.45) is 10.5 Å². The number of hydrogen-bond acceptors (Lipinski definition) is 5. The van der Waals surface area contributed by atoms with Crippen molar-refractivity contribution < 1.29 is 14.7 Å². The van der Waals surface area contributed by atoms with E-state index in [0.29, 0.717) is 25.2 Å². The summed E-state index contributed by atoms with van der Waals surface area (Å²) in [5.41, 5.74) is 3.77. The molecule has 0 spiro atoms. The monoisotopic (exact) mass is 407 g/mol. The van der Waals surface area contributed by atoms with Crippen LogP contribution in [0.4, 0.5) is 10.5 Å². The number of urea groups is 1. The standard InChI is InChI=1S/C22H25N5O3/c1-22(2)12-18(25-27(10-11-28)20(22)29)15-5-7-17(8-6-15)24-21(30)26-13-16-4-3-9-23-19(16)14-26/h3-9,28H,10-14H2,1-2H3,(H,24,30). The molecule has 30 heavy (non-hydrogen) atoms. The molecule has 0 atom stereocenters. The molecule has 0 radical (unpaired) electrons. The minimum Gasteiger partial charge on any atom is -0.394 e. The zero-order chi connectivity index (χ0) is 21.3. The van der Waals surface area contributed by atoms with Gasteiger partial charge in [-0.25, -0.2) is 9.80 Å². The van der Waals surface area contributed by atoms with Gasteiger partial charge in [-0.2, -0.15) is 5.10 Å². The van der Waals surface area contributed by atoms with Crippen LogP contribution < -0.4 is 5.32 Å². The van der Waals surface area contributed by atoms with Crippen LogP contribution in [0.25, 0.3) is 0 Å². The fourth-order valence-corrected chi connectivity index (χ4v) is 3.77. The number of carbonyl (C=O) groups excluding carboxylic acids is 2. The number of aliphatic hydroxyl groups excluding tert-OH is 1. The number of hydrazone groups is 1. The average molecular weight is 407 g/mol. The lowest BCUT2D eigenvalue weighted by atomic mass is 9.83. The summed E-state index contributed by atoms with van der Waals surface area (Å²) in [6, 6.07) is 11.1. The first kappa shape index (κ1) is 20.0. The summed E-state index contributed by atoms with van der Waals surface area (Å²) in [5, 5.41) is 17.9. The minimum absolute atomic E-state index is 0.0923. The molecule has 8 heteroatoms. The minimum atomic E-state index is -0.585. The van der Waals surface area contributed by atoms with Gasteiger partial charge in [-0.15, -0.1) is 0 Å². The van der Waals surface area contributed by atoms with Gasteiger partial charge in [0.25, 0.3) is 0 Å². The second-order valence-electron chi connectivity index (χ2n) is 8.23. The van der Waals surface area contributed by atoms with Crippen molar-refractivity contribution in [1.82, 2.24) is 14.9 Å². The number of aromatic nitrogens is 1. The summed E-state index contributed by atoms with van der Waals surface area (Å²) in [4.78, 5) is 31.1. The number of benzene rings is 1. The van der Waals surface area contributed by atoms with Crippen LogP contribution in [-0.2, 0) is 17.9 Å². The molecule has 0 bridgehead atoms. The van der Waals surface area contributed by atoms with E-state index in [1.807, 2.05) is 50.2 Å². The van der Waals surface area contributed by atoms with Crippen LogP contribution in [0.15, 0.2) is 47.7 Å². The van der Waals surface area contributed by atoms with Gasteiger partial charge in [0.1, 0.15) is 0 Å². The maximum absolute atomic E-state index is 12.6. The van der Waals surface area contributed by atoms with E-state index in [4.69, 9.17) is 0 Å². The van der Waals surface area contributed by atoms with E-state index in [9.17, 15) is 14.7 Å². The molecule has 1 aromatic heterocycles. The van der Waals surface area contributed by atoms with Gasteiger partial charge in [-0.3, -0.25) is 9.78 Å². The second kappa shape index (κ2) is 7.87. The number of hydrogen-bond donors (Lipinski definition) is 2. The Labute approximate surface area is 175 Å². The molecule has 3 heterocycles. The number of fused-ring (bicyclic) bond motifs is 1. The van der Waals surface area contributed by atoms with Crippen molar-refractivity contribution in [3.8, 4) is 0 Å². The van der Waals surface area contributed by atoms with Crippen LogP contribution in [-0.4, -0.2) is 50.8 Å². The molecule has 0 aliphatic carbocycles. The first-order valence-electron chi connectivity index (χ1n) is 9.97. The highest BCUT2D eigenvalue weighted by molar-refractivity contribution is 6.06.